The third-order valence-electron chi connectivity index (χ3n) is 2.27. The van der Waals surface area contributed by atoms with E-state index in [1.165, 1.54) is 0 Å². The van der Waals surface area contributed by atoms with Crippen molar-refractivity contribution in [1.82, 2.24) is 10.2 Å². The molecule has 11 N–H and O–H groups in total. The van der Waals surface area contributed by atoms with Crippen LogP contribution in [-0.2, 0) is 0 Å². The predicted molar refractivity (Wildman–Crippen MR) is 74.6 cm³/mol. The number of hydrazine groups is 1. The lowest BCUT2D eigenvalue weighted by Gasteiger charge is -2.03. The fourth-order valence-corrected chi connectivity index (χ4v) is 1.59. The summed E-state index contributed by atoms with van der Waals surface area (Å²) in [6, 6.07) is 5.62. The number of nitrogen functional groups attached to an aromatic ring is 2. The topological polar surface area (TPSA) is 164 Å². The van der Waals surface area contributed by atoms with Crippen molar-refractivity contribution in [3.05, 3.63) is 28.8 Å². The second-order valence-electron chi connectivity index (χ2n) is 3.36. The molecule has 0 fully saturated rings. The molecule has 8 heteroatoms. The van der Waals surface area contributed by atoms with Crippen molar-refractivity contribution in [2.75, 3.05) is 11.5 Å². The number of rotatable bonds is 1. The molecule has 2 rings (SSSR count). The highest BCUT2D eigenvalue weighted by molar-refractivity contribution is 6.31. The Morgan fingerprint density at radius 1 is 1.22 bits per heavy atom. The number of halogens is 1. The van der Waals surface area contributed by atoms with Crippen molar-refractivity contribution in [2.45, 2.75) is 6.92 Å². The van der Waals surface area contributed by atoms with Gasteiger partial charge in [-0.25, -0.2) is 0 Å². The number of benzene rings is 1. The number of nitrogens with zero attached hydrogens (tertiary/aromatic N) is 1. The number of hydrogen-bond donors (Lipinski definition) is 5. The van der Waals surface area contributed by atoms with Gasteiger partial charge < -0.3 is 16.9 Å². The lowest BCUT2D eigenvalue weighted by Crippen LogP contribution is -2.02. The summed E-state index contributed by atoms with van der Waals surface area (Å²) < 4.78 is 0. The molecule has 0 spiro atoms. The van der Waals surface area contributed by atoms with Crippen LogP contribution in [0.15, 0.2) is 18.2 Å². The van der Waals surface area contributed by atoms with E-state index in [2.05, 4.69) is 21.9 Å². The quantitative estimate of drug-likeness (QED) is 0.369. The van der Waals surface area contributed by atoms with Gasteiger partial charge in [0.2, 0.25) is 0 Å². The van der Waals surface area contributed by atoms with Crippen LogP contribution in [0.2, 0.25) is 5.02 Å². The first-order valence-corrected chi connectivity index (χ1v) is 5.16. The lowest BCUT2D eigenvalue weighted by molar-refractivity contribution is 0.824. The van der Waals surface area contributed by atoms with Crippen molar-refractivity contribution < 1.29 is 5.48 Å². The third kappa shape index (κ3) is 3.11. The summed E-state index contributed by atoms with van der Waals surface area (Å²) in [5, 5.41) is 7.20. The molecule has 1 aromatic carbocycles. The second kappa shape index (κ2) is 6.82. The maximum absolute atomic E-state index is 5.94. The van der Waals surface area contributed by atoms with Crippen LogP contribution in [-0.4, -0.2) is 15.7 Å². The molecule has 0 aliphatic heterocycles. The number of nitrogens with two attached hydrogens (primary N) is 4. The largest absolute Gasteiger partial charge is 0.412 e. The maximum Gasteiger partial charge on any atom is 0.155 e. The Morgan fingerprint density at radius 3 is 2.28 bits per heavy atom. The Hall–Kier alpha value is -1.80. The lowest BCUT2D eigenvalue weighted by atomic mass is 10.1. The molecule has 7 nitrogen and oxygen atoms in total. The van der Waals surface area contributed by atoms with Gasteiger partial charge in [-0.15, -0.1) is 0 Å². The van der Waals surface area contributed by atoms with Crippen LogP contribution in [0.1, 0.15) is 5.56 Å². The van der Waals surface area contributed by atoms with Gasteiger partial charge in [0.1, 0.15) is 5.82 Å². The molecule has 1 aromatic heterocycles. The fraction of sp³-hybridized carbons (Fsp3) is 0.100. The summed E-state index contributed by atoms with van der Waals surface area (Å²) in [6.45, 7) is 1.93. The van der Waals surface area contributed by atoms with Crippen LogP contribution >= 0.6 is 11.6 Å². The molecular formula is C10H17ClN6O. The van der Waals surface area contributed by atoms with Crippen LogP contribution in [0.5, 0.6) is 0 Å². The van der Waals surface area contributed by atoms with E-state index in [0.717, 1.165) is 21.7 Å². The summed E-state index contributed by atoms with van der Waals surface area (Å²) in [5.74, 6) is 8.86. The molecule has 0 aliphatic carbocycles. The van der Waals surface area contributed by atoms with E-state index in [0.29, 0.717) is 11.6 Å². The highest BCUT2D eigenvalue weighted by Gasteiger charge is 2.11. The molecule has 0 bridgehead atoms. The van der Waals surface area contributed by atoms with Crippen molar-refractivity contribution in [2.24, 2.45) is 11.7 Å². The number of H-pyrrole nitrogens is 1. The monoisotopic (exact) mass is 272 g/mol. The van der Waals surface area contributed by atoms with Crippen LogP contribution in [0.4, 0.5) is 11.6 Å². The van der Waals surface area contributed by atoms with Crippen LogP contribution in [0.25, 0.3) is 11.1 Å². The summed E-state index contributed by atoms with van der Waals surface area (Å²) >= 11 is 5.94. The minimum Gasteiger partial charge on any atom is -0.412 e. The molecule has 0 aliphatic rings. The first-order valence-electron chi connectivity index (χ1n) is 4.78. The summed E-state index contributed by atoms with van der Waals surface area (Å²) in [5.41, 5.74) is 14.1. The standard InChI is InChI=1S/C10H11ClN4.H4N2.H2O/c1-5-4-6(2-3-7(5)11)8-9(12)14-15-10(8)13;1-2;/h2-4H,1H3,(H5,12,13,14,15);1-2H2;1H2. The van der Waals surface area contributed by atoms with E-state index in [4.69, 9.17) is 23.1 Å². The number of aromatic nitrogens is 2. The molecule has 0 saturated carbocycles. The minimum atomic E-state index is 0. The molecule has 0 amide bonds. The first-order chi connectivity index (χ1) is 8.09. The summed E-state index contributed by atoms with van der Waals surface area (Å²) in [4.78, 5) is 0. The van der Waals surface area contributed by atoms with Gasteiger partial charge in [-0.3, -0.25) is 16.8 Å². The van der Waals surface area contributed by atoms with Crippen molar-refractivity contribution in [3.63, 3.8) is 0 Å². The maximum atomic E-state index is 5.94. The molecule has 1 heterocycles. The minimum absolute atomic E-state index is 0. The van der Waals surface area contributed by atoms with Gasteiger partial charge in [0.05, 0.1) is 5.56 Å². The van der Waals surface area contributed by atoms with Crippen LogP contribution < -0.4 is 23.2 Å². The Bertz CT molecular complexity index is 494. The highest BCUT2D eigenvalue weighted by Crippen LogP contribution is 2.31. The summed E-state index contributed by atoms with van der Waals surface area (Å²) in [7, 11) is 0. The molecule has 2 aromatic rings. The average Bonchev–Trinajstić information content (AvgIpc) is 2.66. The average molecular weight is 273 g/mol. The first kappa shape index (κ1) is 16.2. The van der Waals surface area contributed by atoms with E-state index >= 15 is 0 Å². The summed E-state index contributed by atoms with van der Waals surface area (Å²) in [6.07, 6.45) is 0. The van der Waals surface area contributed by atoms with E-state index in [-0.39, 0.29) is 5.48 Å². The zero-order valence-corrected chi connectivity index (χ0v) is 10.6. The number of anilines is 2. The van der Waals surface area contributed by atoms with Gasteiger partial charge >= 0.3 is 0 Å². The Morgan fingerprint density at radius 2 is 1.83 bits per heavy atom. The van der Waals surface area contributed by atoms with Gasteiger partial charge in [-0.1, -0.05) is 17.7 Å². The SMILES string of the molecule is Cc1cc(-c2c(N)n[nH]c2N)ccc1Cl.NN.O. The number of aryl methyl sites for hydroxylation is 1. The molecule has 0 radical (unpaired) electrons. The van der Waals surface area contributed by atoms with Gasteiger partial charge in [0, 0.05) is 5.02 Å². The van der Waals surface area contributed by atoms with E-state index in [1.54, 1.807) is 0 Å². The van der Waals surface area contributed by atoms with Crippen molar-refractivity contribution >= 4 is 23.2 Å². The van der Waals surface area contributed by atoms with Gasteiger partial charge in [-0.05, 0) is 30.2 Å². The smallest absolute Gasteiger partial charge is 0.155 e. The van der Waals surface area contributed by atoms with Gasteiger partial charge in [0.25, 0.3) is 0 Å². The fourth-order valence-electron chi connectivity index (χ4n) is 1.47. The highest BCUT2D eigenvalue weighted by atomic mass is 35.5. The van der Waals surface area contributed by atoms with Gasteiger partial charge in [0.15, 0.2) is 5.82 Å². The van der Waals surface area contributed by atoms with Crippen molar-refractivity contribution in [1.29, 1.82) is 0 Å². The number of hydrogen-bond acceptors (Lipinski definition) is 5. The zero-order chi connectivity index (χ0) is 13.0. The molecule has 100 valence electrons. The normalized spacial score (nSPS) is 9.11. The Balaban J connectivity index is 0.000000917. The third-order valence-corrected chi connectivity index (χ3v) is 2.69. The van der Waals surface area contributed by atoms with E-state index in [9.17, 15) is 0 Å². The van der Waals surface area contributed by atoms with E-state index in [1.807, 2.05) is 25.1 Å². The molecular weight excluding hydrogens is 256 g/mol. The molecule has 0 saturated heterocycles. The predicted octanol–water partition coefficient (Wildman–Crippen LogP) is 0.197. The van der Waals surface area contributed by atoms with Crippen molar-refractivity contribution in [3.8, 4) is 11.1 Å². The molecule has 18 heavy (non-hydrogen) atoms. The van der Waals surface area contributed by atoms with Gasteiger partial charge in [-0.2, -0.15) is 5.10 Å². The zero-order valence-electron chi connectivity index (χ0n) is 9.87. The Kier molecular flexibility index (Phi) is 6.14. The number of aromatic amines is 1. The molecule has 0 unspecified atom stereocenters. The second-order valence-corrected chi connectivity index (χ2v) is 3.77. The Labute approximate surface area is 109 Å². The van der Waals surface area contributed by atoms with Crippen LogP contribution in [0.3, 0.4) is 0 Å². The van der Waals surface area contributed by atoms with Crippen LogP contribution in [0, 0.1) is 6.92 Å². The van der Waals surface area contributed by atoms with E-state index < -0.39 is 0 Å². The number of nitrogens with one attached hydrogen (secondary N) is 1. The molecule has 0 atom stereocenters.